The molecule has 2 aromatic carbocycles. The minimum absolute atomic E-state index is 0.286. The predicted octanol–water partition coefficient (Wildman–Crippen LogP) is 4.94. The van der Waals surface area contributed by atoms with Gasteiger partial charge in [-0.3, -0.25) is 0 Å². The fraction of sp³-hybridized carbons (Fsp3) is 0.368. The van der Waals surface area contributed by atoms with Gasteiger partial charge in [-0.2, -0.15) is 0 Å². The zero-order valence-corrected chi connectivity index (χ0v) is 13.2. The standard InChI is InChI=1S/C19H24O2/c1-12(2)14-5-7-18(20)16(9-14)11-17-10-15(13(3)4)6-8-19(17)21/h5-10,12-13,20-21H,11H2,1-4H3. The van der Waals surface area contributed by atoms with E-state index in [1.54, 1.807) is 12.1 Å². The molecule has 0 unspecified atom stereocenters. The van der Waals surface area contributed by atoms with Crippen molar-refractivity contribution in [1.29, 1.82) is 0 Å². The Morgan fingerprint density at radius 2 is 1.10 bits per heavy atom. The summed E-state index contributed by atoms with van der Waals surface area (Å²) in [5.41, 5.74) is 4.11. The number of phenolic OH excluding ortho intramolecular Hbond substituents is 2. The Hall–Kier alpha value is -1.96. The summed E-state index contributed by atoms with van der Waals surface area (Å²) in [4.78, 5) is 0. The number of benzene rings is 2. The van der Waals surface area contributed by atoms with Crippen molar-refractivity contribution in [3.05, 3.63) is 58.7 Å². The number of aromatic hydroxyl groups is 2. The van der Waals surface area contributed by atoms with Gasteiger partial charge >= 0.3 is 0 Å². The highest BCUT2D eigenvalue weighted by Gasteiger charge is 2.11. The van der Waals surface area contributed by atoms with E-state index in [1.165, 1.54) is 11.1 Å². The minimum atomic E-state index is 0.286. The van der Waals surface area contributed by atoms with Crippen molar-refractivity contribution in [2.45, 2.75) is 46.0 Å². The summed E-state index contributed by atoms with van der Waals surface area (Å²) < 4.78 is 0. The van der Waals surface area contributed by atoms with Gasteiger partial charge in [0.05, 0.1) is 0 Å². The molecule has 0 atom stereocenters. The first-order valence-corrected chi connectivity index (χ1v) is 7.52. The second kappa shape index (κ2) is 6.21. The Morgan fingerprint density at radius 1 is 0.714 bits per heavy atom. The van der Waals surface area contributed by atoms with Crippen LogP contribution in [0.25, 0.3) is 0 Å². The van der Waals surface area contributed by atoms with Crippen molar-refractivity contribution >= 4 is 0 Å². The molecule has 0 radical (unpaired) electrons. The molecule has 2 nitrogen and oxygen atoms in total. The Labute approximate surface area is 127 Å². The normalized spacial score (nSPS) is 11.3. The van der Waals surface area contributed by atoms with Crippen LogP contribution in [-0.4, -0.2) is 10.2 Å². The fourth-order valence-electron chi connectivity index (χ4n) is 2.42. The predicted molar refractivity (Wildman–Crippen MR) is 87.2 cm³/mol. The summed E-state index contributed by atoms with van der Waals surface area (Å²) in [5, 5.41) is 20.1. The van der Waals surface area contributed by atoms with Crippen molar-refractivity contribution in [2.24, 2.45) is 0 Å². The Balaban J connectivity index is 2.37. The fourth-order valence-corrected chi connectivity index (χ4v) is 2.42. The van der Waals surface area contributed by atoms with Crippen LogP contribution in [0, 0.1) is 0 Å². The molecule has 0 heterocycles. The maximum absolute atomic E-state index is 10.1. The number of hydrogen-bond donors (Lipinski definition) is 2. The monoisotopic (exact) mass is 284 g/mol. The molecule has 0 saturated heterocycles. The van der Waals surface area contributed by atoms with Crippen molar-refractivity contribution in [1.82, 2.24) is 0 Å². The van der Waals surface area contributed by atoms with E-state index in [4.69, 9.17) is 0 Å². The van der Waals surface area contributed by atoms with Gasteiger partial charge in [0.2, 0.25) is 0 Å². The first kappa shape index (κ1) is 15.4. The van der Waals surface area contributed by atoms with Crippen molar-refractivity contribution < 1.29 is 10.2 Å². The lowest BCUT2D eigenvalue weighted by molar-refractivity contribution is 0.462. The molecule has 0 bridgehead atoms. The Morgan fingerprint density at radius 3 is 1.43 bits per heavy atom. The van der Waals surface area contributed by atoms with Crippen LogP contribution >= 0.6 is 0 Å². The second-order valence-corrected chi connectivity index (χ2v) is 6.26. The van der Waals surface area contributed by atoms with E-state index < -0.39 is 0 Å². The van der Waals surface area contributed by atoms with E-state index in [9.17, 15) is 10.2 Å². The molecule has 0 aliphatic rings. The largest absolute Gasteiger partial charge is 0.508 e. The third-order valence-corrected chi connectivity index (χ3v) is 3.92. The van der Waals surface area contributed by atoms with Gasteiger partial charge in [-0.25, -0.2) is 0 Å². The van der Waals surface area contributed by atoms with Gasteiger partial charge in [0.1, 0.15) is 11.5 Å². The van der Waals surface area contributed by atoms with Gasteiger partial charge < -0.3 is 10.2 Å². The van der Waals surface area contributed by atoms with E-state index in [-0.39, 0.29) is 11.5 Å². The maximum atomic E-state index is 10.1. The van der Waals surface area contributed by atoms with Crippen LogP contribution in [0.2, 0.25) is 0 Å². The molecule has 2 heteroatoms. The van der Waals surface area contributed by atoms with E-state index in [1.807, 2.05) is 24.3 Å². The Bertz CT molecular complexity index is 572. The van der Waals surface area contributed by atoms with E-state index in [0.717, 1.165) is 11.1 Å². The highest BCUT2D eigenvalue weighted by molar-refractivity contribution is 5.45. The summed E-state index contributed by atoms with van der Waals surface area (Å²) in [5.74, 6) is 1.40. The van der Waals surface area contributed by atoms with E-state index in [2.05, 4.69) is 27.7 Å². The average molecular weight is 284 g/mol. The molecule has 0 saturated carbocycles. The molecule has 0 spiro atoms. The van der Waals surface area contributed by atoms with Gasteiger partial charge in [0.15, 0.2) is 0 Å². The highest BCUT2D eigenvalue weighted by atomic mass is 16.3. The molecule has 2 aromatic rings. The quantitative estimate of drug-likeness (QED) is 0.835. The summed E-state index contributed by atoms with van der Waals surface area (Å²) in [6, 6.07) is 11.5. The average Bonchev–Trinajstić information content (AvgIpc) is 2.43. The van der Waals surface area contributed by atoms with Crippen molar-refractivity contribution in [2.75, 3.05) is 0 Å². The molecule has 112 valence electrons. The van der Waals surface area contributed by atoms with Crippen LogP contribution in [0.15, 0.2) is 36.4 Å². The smallest absolute Gasteiger partial charge is 0.119 e. The maximum Gasteiger partial charge on any atom is 0.119 e. The van der Waals surface area contributed by atoms with E-state index in [0.29, 0.717) is 18.3 Å². The minimum Gasteiger partial charge on any atom is -0.508 e. The zero-order valence-electron chi connectivity index (χ0n) is 13.2. The summed E-state index contributed by atoms with van der Waals surface area (Å²) in [6.45, 7) is 8.53. The van der Waals surface area contributed by atoms with Crippen LogP contribution < -0.4 is 0 Å². The van der Waals surface area contributed by atoms with Crippen LogP contribution in [-0.2, 0) is 6.42 Å². The lowest BCUT2D eigenvalue weighted by Gasteiger charge is -2.13. The lowest BCUT2D eigenvalue weighted by Crippen LogP contribution is -1.96. The second-order valence-electron chi connectivity index (χ2n) is 6.26. The molecule has 2 rings (SSSR count). The summed E-state index contributed by atoms with van der Waals surface area (Å²) in [7, 11) is 0. The van der Waals surface area contributed by atoms with Gasteiger partial charge in [-0.15, -0.1) is 0 Å². The third kappa shape index (κ3) is 3.57. The summed E-state index contributed by atoms with van der Waals surface area (Å²) >= 11 is 0. The van der Waals surface area contributed by atoms with Crippen molar-refractivity contribution in [3.63, 3.8) is 0 Å². The van der Waals surface area contributed by atoms with Gasteiger partial charge in [-0.05, 0) is 46.2 Å². The molecule has 21 heavy (non-hydrogen) atoms. The third-order valence-electron chi connectivity index (χ3n) is 3.92. The van der Waals surface area contributed by atoms with Crippen LogP contribution in [0.5, 0.6) is 11.5 Å². The molecule has 0 aliphatic carbocycles. The lowest BCUT2D eigenvalue weighted by atomic mass is 9.94. The molecule has 0 fully saturated rings. The Kier molecular flexibility index (Phi) is 4.56. The van der Waals surface area contributed by atoms with Crippen LogP contribution in [0.4, 0.5) is 0 Å². The summed E-state index contributed by atoms with van der Waals surface area (Å²) in [6.07, 6.45) is 0.540. The van der Waals surface area contributed by atoms with Crippen molar-refractivity contribution in [3.8, 4) is 11.5 Å². The molecule has 0 aromatic heterocycles. The van der Waals surface area contributed by atoms with Crippen LogP contribution in [0.1, 0.15) is 61.8 Å². The zero-order chi connectivity index (χ0) is 15.6. The van der Waals surface area contributed by atoms with Gasteiger partial charge in [-0.1, -0.05) is 52.0 Å². The first-order chi connectivity index (χ1) is 9.88. The molecular formula is C19H24O2. The number of phenols is 2. The van der Waals surface area contributed by atoms with Gasteiger partial charge in [0, 0.05) is 6.42 Å². The highest BCUT2D eigenvalue weighted by Crippen LogP contribution is 2.30. The molecule has 0 aliphatic heterocycles. The van der Waals surface area contributed by atoms with E-state index >= 15 is 0 Å². The molecule has 2 N–H and O–H groups in total. The number of rotatable bonds is 4. The topological polar surface area (TPSA) is 40.5 Å². The SMILES string of the molecule is CC(C)c1ccc(O)c(Cc2cc(C(C)C)ccc2O)c1. The van der Waals surface area contributed by atoms with Crippen LogP contribution in [0.3, 0.4) is 0 Å². The molecule has 0 amide bonds. The first-order valence-electron chi connectivity index (χ1n) is 7.52. The van der Waals surface area contributed by atoms with Gasteiger partial charge in [0.25, 0.3) is 0 Å². The number of hydrogen-bond acceptors (Lipinski definition) is 2. The molecular weight excluding hydrogens is 260 g/mol.